The molecule has 18 heavy (non-hydrogen) atoms. The smallest absolute Gasteiger partial charge is 0.228 e. The molecular weight excluding hydrogens is 228 g/mol. The van der Waals surface area contributed by atoms with Crippen LogP contribution in [0.4, 0.5) is 0 Å². The maximum Gasteiger partial charge on any atom is 0.228 e. The van der Waals surface area contributed by atoms with Gasteiger partial charge in [-0.1, -0.05) is 34.6 Å². The first kappa shape index (κ1) is 15.0. The number of carbonyl (C=O) groups excluding carboxylic acids is 2. The fraction of sp³-hybridized carbons (Fsp3) is 0.857. The summed E-state index contributed by atoms with van der Waals surface area (Å²) >= 11 is 0. The van der Waals surface area contributed by atoms with Crippen LogP contribution in [-0.4, -0.2) is 47.8 Å². The fourth-order valence-electron chi connectivity index (χ4n) is 2.11. The van der Waals surface area contributed by atoms with Crippen LogP contribution in [0, 0.1) is 11.3 Å². The van der Waals surface area contributed by atoms with Gasteiger partial charge in [0.15, 0.2) is 0 Å². The summed E-state index contributed by atoms with van der Waals surface area (Å²) in [6.45, 7) is 12.6. The number of hydrogen-bond donors (Lipinski definition) is 0. The third kappa shape index (κ3) is 4.00. The Bertz CT molecular complexity index is 310. The number of hydrogen-bond acceptors (Lipinski definition) is 2. The molecule has 0 aromatic rings. The van der Waals surface area contributed by atoms with Crippen LogP contribution < -0.4 is 0 Å². The minimum atomic E-state index is -0.329. The molecule has 2 amide bonds. The van der Waals surface area contributed by atoms with Gasteiger partial charge in [-0.2, -0.15) is 0 Å². The molecule has 0 atom stereocenters. The van der Waals surface area contributed by atoms with Gasteiger partial charge in [-0.3, -0.25) is 9.59 Å². The van der Waals surface area contributed by atoms with E-state index in [1.54, 1.807) is 0 Å². The Morgan fingerprint density at radius 1 is 1.00 bits per heavy atom. The van der Waals surface area contributed by atoms with Crippen molar-refractivity contribution in [3.05, 3.63) is 0 Å². The highest BCUT2D eigenvalue weighted by atomic mass is 16.2. The average molecular weight is 254 g/mol. The molecule has 4 nitrogen and oxygen atoms in total. The molecule has 0 bridgehead atoms. The van der Waals surface area contributed by atoms with Gasteiger partial charge in [0.2, 0.25) is 11.8 Å². The minimum absolute atomic E-state index is 0.179. The molecular formula is C14H26N2O2. The molecule has 0 aliphatic carbocycles. The third-order valence-corrected chi connectivity index (χ3v) is 3.14. The van der Waals surface area contributed by atoms with Crippen molar-refractivity contribution >= 4 is 11.8 Å². The molecule has 1 heterocycles. The van der Waals surface area contributed by atoms with Gasteiger partial charge in [-0.05, 0) is 5.92 Å². The van der Waals surface area contributed by atoms with Gasteiger partial charge in [-0.15, -0.1) is 0 Å². The zero-order valence-electron chi connectivity index (χ0n) is 12.3. The lowest BCUT2D eigenvalue weighted by molar-refractivity contribution is -0.145. The van der Waals surface area contributed by atoms with Gasteiger partial charge in [0, 0.05) is 38.0 Å². The van der Waals surface area contributed by atoms with Crippen LogP contribution in [0.1, 0.15) is 41.0 Å². The molecule has 0 N–H and O–H groups in total. The van der Waals surface area contributed by atoms with E-state index in [0.717, 1.165) is 0 Å². The molecule has 1 fully saturated rings. The summed E-state index contributed by atoms with van der Waals surface area (Å²) in [7, 11) is 0. The summed E-state index contributed by atoms with van der Waals surface area (Å²) in [5.41, 5.74) is -0.329. The molecule has 0 spiro atoms. The molecule has 1 rings (SSSR count). The summed E-state index contributed by atoms with van der Waals surface area (Å²) < 4.78 is 0. The highest BCUT2D eigenvalue weighted by Gasteiger charge is 2.30. The summed E-state index contributed by atoms with van der Waals surface area (Å²) in [5, 5.41) is 0. The molecule has 4 heteroatoms. The summed E-state index contributed by atoms with van der Waals surface area (Å²) in [4.78, 5) is 27.8. The molecule has 0 unspecified atom stereocenters. The average Bonchev–Trinajstić information content (AvgIpc) is 2.26. The predicted octanol–water partition coefficient (Wildman–Crippen LogP) is 1.75. The molecule has 0 aromatic heterocycles. The quantitative estimate of drug-likeness (QED) is 0.753. The largest absolute Gasteiger partial charge is 0.339 e. The van der Waals surface area contributed by atoms with Crippen LogP contribution in [0.15, 0.2) is 0 Å². The molecule has 0 saturated carbocycles. The van der Waals surface area contributed by atoms with Crippen LogP contribution in [0.3, 0.4) is 0 Å². The van der Waals surface area contributed by atoms with E-state index in [2.05, 4.69) is 13.8 Å². The van der Waals surface area contributed by atoms with E-state index in [0.29, 0.717) is 38.5 Å². The highest BCUT2D eigenvalue weighted by Crippen LogP contribution is 2.19. The summed E-state index contributed by atoms with van der Waals surface area (Å²) in [6.07, 6.45) is 0.604. The van der Waals surface area contributed by atoms with Crippen molar-refractivity contribution in [2.75, 3.05) is 26.2 Å². The van der Waals surface area contributed by atoms with Gasteiger partial charge in [0.1, 0.15) is 0 Å². The van der Waals surface area contributed by atoms with E-state index >= 15 is 0 Å². The van der Waals surface area contributed by atoms with Crippen LogP contribution in [0.2, 0.25) is 0 Å². The van der Waals surface area contributed by atoms with Crippen molar-refractivity contribution in [3.63, 3.8) is 0 Å². The first-order chi connectivity index (χ1) is 8.21. The first-order valence-electron chi connectivity index (χ1n) is 6.79. The van der Waals surface area contributed by atoms with Crippen molar-refractivity contribution in [1.82, 2.24) is 9.80 Å². The summed E-state index contributed by atoms with van der Waals surface area (Å²) in [5.74, 6) is 0.790. The van der Waals surface area contributed by atoms with Crippen molar-refractivity contribution < 1.29 is 9.59 Å². The van der Waals surface area contributed by atoms with E-state index in [9.17, 15) is 9.59 Å². The van der Waals surface area contributed by atoms with Gasteiger partial charge < -0.3 is 9.80 Å². The lowest BCUT2D eigenvalue weighted by Crippen LogP contribution is -2.53. The lowest BCUT2D eigenvalue weighted by Gasteiger charge is -2.37. The maximum atomic E-state index is 12.1. The number of rotatable bonds is 2. The number of nitrogens with zero attached hydrogens (tertiary/aromatic N) is 2. The zero-order chi connectivity index (χ0) is 13.9. The Hall–Kier alpha value is -1.06. The SMILES string of the molecule is CC(C)CC(=O)N1CCN(C(=O)C(C)(C)C)CC1. The molecule has 1 aliphatic heterocycles. The summed E-state index contributed by atoms with van der Waals surface area (Å²) in [6, 6.07) is 0. The Balaban J connectivity index is 2.46. The van der Waals surface area contributed by atoms with Gasteiger partial charge in [-0.25, -0.2) is 0 Å². The highest BCUT2D eigenvalue weighted by molar-refractivity contribution is 5.82. The van der Waals surface area contributed by atoms with Crippen molar-refractivity contribution in [3.8, 4) is 0 Å². The van der Waals surface area contributed by atoms with Crippen LogP contribution >= 0.6 is 0 Å². The lowest BCUT2D eigenvalue weighted by atomic mass is 9.94. The molecule has 0 radical (unpaired) electrons. The normalized spacial score (nSPS) is 17.2. The van der Waals surface area contributed by atoms with E-state index < -0.39 is 0 Å². The van der Waals surface area contributed by atoms with Crippen LogP contribution in [-0.2, 0) is 9.59 Å². The molecule has 104 valence electrons. The van der Waals surface area contributed by atoms with Crippen molar-refractivity contribution in [2.45, 2.75) is 41.0 Å². The van der Waals surface area contributed by atoms with E-state index in [1.807, 2.05) is 30.6 Å². The Morgan fingerprint density at radius 3 is 1.83 bits per heavy atom. The topological polar surface area (TPSA) is 40.6 Å². The molecule has 1 saturated heterocycles. The Kier molecular flexibility index (Phi) is 4.77. The monoisotopic (exact) mass is 254 g/mol. The van der Waals surface area contributed by atoms with Gasteiger partial charge >= 0.3 is 0 Å². The predicted molar refractivity (Wildman–Crippen MR) is 72.1 cm³/mol. The standard InChI is InChI=1S/C14H26N2O2/c1-11(2)10-12(17)15-6-8-16(9-7-15)13(18)14(3,4)5/h11H,6-10H2,1-5H3. The number of piperazine rings is 1. The minimum Gasteiger partial charge on any atom is -0.339 e. The third-order valence-electron chi connectivity index (χ3n) is 3.14. The van der Waals surface area contributed by atoms with Crippen LogP contribution in [0.25, 0.3) is 0 Å². The van der Waals surface area contributed by atoms with Crippen LogP contribution in [0.5, 0.6) is 0 Å². The Labute approximate surface area is 110 Å². The van der Waals surface area contributed by atoms with Crippen molar-refractivity contribution in [1.29, 1.82) is 0 Å². The number of carbonyl (C=O) groups is 2. The van der Waals surface area contributed by atoms with E-state index in [1.165, 1.54) is 0 Å². The zero-order valence-corrected chi connectivity index (χ0v) is 12.3. The van der Waals surface area contributed by atoms with Crippen molar-refractivity contribution in [2.24, 2.45) is 11.3 Å². The number of amides is 2. The maximum absolute atomic E-state index is 12.1. The van der Waals surface area contributed by atoms with E-state index in [-0.39, 0.29) is 17.2 Å². The van der Waals surface area contributed by atoms with E-state index in [4.69, 9.17) is 0 Å². The first-order valence-corrected chi connectivity index (χ1v) is 6.79. The second-order valence-corrected chi connectivity index (χ2v) is 6.52. The fourth-order valence-corrected chi connectivity index (χ4v) is 2.11. The van der Waals surface area contributed by atoms with Gasteiger partial charge in [0.05, 0.1) is 0 Å². The van der Waals surface area contributed by atoms with Gasteiger partial charge in [0.25, 0.3) is 0 Å². The molecule has 1 aliphatic rings. The second-order valence-electron chi connectivity index (χ2n) is 6.52. The Morgan fingerprint density at radius 2 is 1.44 bits per heavy atom. The second kappa shape index (κ2) is 5.72. The molecule has 0 aromatic carbocycles.